The van der Waals surface area contributed by atoms with Gasteiger partial charge in [-0.1, -0.05) is 12.8 Å². The lowest BCUT2D eigenvalue weighted by atomic mass is 9.66. The number of ketones is 1. The third kappa shape index (κ3) is 2.39. The third-order valence-corrected chi connectivity index (χ3v) is 5.21. The van der Waals surface area contributed by atoms with Crippen molar-refractivity contribution in [1.82, 2.24) is 0 Å². The molecule has 2 aliphatic carbocycles. The molecule has 0 radical (unpaired) electrons. The van der Waals surface area contributed by atoms with E-state index in [1.54, 1.807) is 14.2 Å². The molecule has 2 N–H and O–H groups in total. The first kappa shape index (κ1) is 15.3. The number of fused-ring (bicyclic) bond motifs is 3. The fraction of sp³-hybridized carbons (Fsp3) is 0.611. The van der Waals surface area contributed by atoms with Gasteiger partial charge in [0.25, 0.3) is 0 Å². The summed E-state index contributed by atoms with van der Waals surface area (Å²) >= 11 is 0. The molecule has 0 aliphatic heterocycles. The van der Waals surface area contributed by atoms with Gasteiger partial charge in [-0.3, -0.25) is 4.79 Å². The van der Waals surface area contributed by atoms with Gasteiger partial charge in [0.05, 0.1) is 14.2 Å². The van der Waals surface area contributed by atoms with E-state index in [-0.39, 0.29) is 5.78 Å². The molecule has 1 fully saturated rings. The minimum atomic E-state index is 0.252. The molecule has 22 heavy (non-hydrogen) atoms. The van der Waals surface area contributed by atoms with Crippen LogP contribution in [0.25, 0.3) is 0 Å². The average molecular weight is 303 g/mol. The van der Waals surface area contributed by atoms with E-state index in [1.807, 2.05) is 6.07 Å². The molecule has 1 aromatic carbocycles. The van der Waals surface area contributed by atoms with E-state index in [4.69, 9.17) is 15.2 Å². The number of methoxy groups -OCH3 is 2. The van der Waals surface area contributed by atoms with E-state index in [0.717, 1.165) is 41.0 Å². The zero-order valence-electron chi connectivity index (χ0n) is 13.5. The van der Waals surface area contributed by atoms with Crippen LogP contribution in [-0.4, -0.2) is 26.5 Å². The molecule has 0 amide bonds. The first-order valence-electron chi connectivity index (χ1n) is 8.22. The molecule has 0 aromatic heterocycles. The number of nitrogens with two attached hydrogens (primary N) is 1. The molecule has 120 valence electrons. The summed E-state index contributed by atoms with van der Waals surface area (Å²) in [6, 6.07) is 1.94. The second-order valence-electron chi connectivity index (χ2n) is 6.38. The van der Waals surface area contributed by atoms with E-state index in [2.05, 4.69) is 0 Å². The molecular formula is C18H25NO3. The van der Waals surface area contributed by atoms with Crippen LogP contribution in [-0.2, 0) is 6.42 Å². The lowest BCUT2D eigenvalue weighted by molar-refractivity contribution is 0.0915. The summed E-state index contributed by atoms with van der Waals surface area (Å²) in [6.45, 7) is 0.531. The SMILES string of the molecule is COc1cc(CCN)c2c(c1OC)C1CCCCC1CC2=O. The van der Waals surface area contributed by atoms with Gasteiger partial charge in [-0.15, -0.1) is 0 Å². The van der Waals surface area contributed by atoms with E-state index in [1.165, 1.54) is 12.8 Å². The van der Waals surface area contributed by atoms with Crippen LogP contribution in [0, 0.1) is 5.92 Å². The lowest BCUT2D eigenvalue weighted by Crippen LogP contribution is -2.30. The van der Waals surface area contributed by atoms with Gasteiger partial charge in [0.15, 0.2) is 17.3 Å². The van der Waals surface area contributed by atoms with Gasteiger partial charge in [-0.2, -0.15) is 0 Å². The monoisotopic (exact) mass is 303 g/mol. The number of hydrogen-bond donors (Lipinski definition) is 1. The maximum atomic E-state index is 12.8. The van der Waals surface area contributed by atoms with Crippen molar-refractivity contribution in [3.8, 4) is 11.5 Å². The molecule has 0 saturated heterocycles. The predicted octanol–water partition coefficient (Wildman–Crippen LogP) is 3.07. The Kier molecular flexibility index (Phi) is 4.39. The molecule has 2 unspecified atom stereocenters. The summed E-state index contributed by atoms with van der Waals surface area (Å²) in [7, 11) is 3.32. The highest BCUT2D eigenvalue weighted by Crippen LogP contribution is 2.51. The Labute approximate surface area is 132 Å². The summed E-state index contributed by atoms with van der Waals surface area (Å²) in [4.78, 5) is 12.8. The van der Waals surface area contributed by atoms with Gasteiger partial charge < -0.3 is 15.2 Å². The van der Waals surface area contributed by atoms with Crippen molar-refractivity contribution >= 4 is 5.78 Å². The van der Waals surface area contributed by atoms with Crippen molar-refractivity contribution < 1.29 is 14.3 Å². The second kappa shape index (κ2) is 6.29. The van der Waals surface area contributed by atoms with Gasteiger partial charge in [0.1, 0.15) is 0 Å². The minimum Gasteiger partial charge on any atom is -0.493 e. The summed E-state index contributed by atoms with van der Waals surface area (Å²) < 4.78 is 11.2. The van der Waals surface area contributed by atoms with Gasteiger partial charge in [-0.25, -0.2) is 0 Å². The fourth-order valence-corrected chi connectivity index (χ4v) is 4.29. The van der Waals surface area contributed by atoms with E-state index in [0.29, 0.717) is 31.2 Å². The average Bonchev–Trinajstić information content (AvgIpc) is 2.54. The fourth-order valence-electron chi connectivity index (χ4n) is 4.29. The normalized spacial score (nSPS) is 23.7. The largest absolute Gasteiger partial charge is 0.493 e. The first-order chi connectivity index (χ1) is 10.7. The highest BCUT2D eigenvalue weighted by atomic mass is 16.5. The van der Waals surface area contributed by atoms with Crippen LogP contribution < -0.4 is 15.2 Å². The molecule has 2 aliphatic rings. The van der Waals surface area contributed by atoms with Crippen LogP contribution in [0.15, 0.2) is 6.07 Å². The van der Waals surface area contributed by atoms with Crippen molar-refractivity contribution in [1.29, 1.82) is 0 Å². The Balaban J connectivity index is 2.22. The van der Waals surface area contributed by atoms with Gasteiger partial charge in [-0.05, 0) is 49.3 Å². The summed E-state index contributed by atoms with van der Waals surface area (Å²) in [5.74, 6) is 2.61. The number of ether oxygens (including phenoxy) is 2. The molecule has 3 rings (SSSR count). The number of hydrogen-bond acceptors (Lipinski definition) is 4. The van der Waals surface area contributed by atoms with Gasteiger partial charge in [0.2, 0.25) is 0 Å². The quantitative estimate of drug-likeness (QED) is 0.928. The lowest BCUT2D eigenvalue weighted by Gasteiger charge is -2.38. The highest BCUT2D eigenvalue weighted by Gasteiger charge is 2.39. The molecule has 2 atom stereocenters. The van der Waals surface area contributed by atoms with Crippen LogP contribution in [0.2, 0.25) is 0 Å². The second-order valence-corrected chi connectivity index (χ2v) is 6.38. The van der Waals surface area contributed by atoms with Crippen LogP contribution in [0.1, 0.15) is 59.5 Å². The molecule has 0 heterocycles. The Morgan fingerprint density at radius 2 is 2.00 bits per heavy atom. The smallest absolute Gasteiger partial charge is 0.164 e. The molecule has 1 saturated carbocycles. The highest BCUT2D eigenvalue weighted by molar-refractivity contribution is 6.01. The molecule has 0 spiro atoms. The molecule has 0 bridgehead atoms. The first-order valence-corrected chi connectivity index (χ1v) is 8.22. The third-order valence-electron chi connectivity index (χ3n) is 5.21. The summed E-state index contributed by atoms with van der Waals surface area (Å²) in [5, 5.41) is 0. The minimum absolute atomic E-state index is 0.252. The molecule has 1 aromatic rings. The van der Waals surface area contributed by atoms with Gasteiger partial charge in [0, 0.05) is 17.5 Å². The summed E-state index contributed by atoms with van der Waals surface area (Å²) in [6.07, 6.45) is 6.10. The van der Waals surface area contributed by atoms with E-state index < -0.39 is 0 Å². The van der Waals surface area contributed by atoms with Crippen LogP contribution in [0.5, 0.6) is 11.5 Å². The van der Waals surface area contributed by atoms with Crippen molar-refractivity contribution in [2.45, 2.75) is 44.4 Å². The Morgan fingerprint density at radius 1 is 1.23 bits per heavy atom. The maximum absolute atomic E-state index is 12.8. The number of carbonyl (C=O) groups excluding carboxylic acids is 1. The maximum Gasteiger partial charge on any atom is 0.164 e. The number of rotatable bonds is 4. The molecular weight excluding hydrogens is 278 g/mol. The predicted molar refractivity (Wildman–Crippen MR) is 86.0 cm³/mol. The zero-order valence-corrected chi connectivity index (χ0v) is 13.5. The Bertz CT molecular complexity index is 582. The van der Waals surface area contributed by atoms with E-state index >= 15 is 0 Å². The topological polar surface area (TPSA) is 61.6 Å². The van der Waals surface area contributed by atoms with Crippen LogP contribution in [0.4, 0.5) is 0 Å². The number of carbonyl (C=O) groups is 1. The number of Topliss-reactive ketones (excluding diaryl/α,β-unsaturated/α-hetero) is 1. The van der Waals surface area contributed by atoms with Crippen molar-refractivity contribution in [2.75, 3.05) is 20.8 Å². The van der Waals surface area contributed by atoms with Crippen molar-refractivity contribution in [3.05, 3.63) is 22.8 Å². The standard InChI is InChI=1S/C18H25NO3/c1-21-15-10-12(7-8-19)16-14(20)9-11-5-3-4-6-13(11)17(16)18(15)22-2/h10-11,13H,3-9,19H2,1-2H3. The van der Waals surface area contributed by atoms with Crippen LogP contribution in [0.3, 0.4) is 0 Å². The van der Waals surface area contributed by atoms with Crippen molar-refractivity contribution in [3.63, 3.8) is 0 Å². The molecule has 4 nitrogen and oxygen atoms in total. The Hall–Kier alpha value is -1.55. The summed E-state index contributed by atoms with van der Waals surface area (Å²) in [5.41, 5.74) is 8.72. The number of benzene rings is 1. The van der Waals surface area contributed by atoms with Gasteiger partial charge >= 0.3 is 0 Å². The van der Waals surface area contributed by atoms with E-state index in [9.17, 15) is 4.79 Å². The molecule has 4 heteroatoms. The zero-order chi connectivity index (χ0) is 15.7. The van der Waals surface area contributed by atoms with Crippen molar-refractivity contribution in [2.24, 2.45) is 11.7 Å². The van der Waals surface area contributed by atoms with Crippen LogP contribution >= 0.6 is 0 Å². The Morgan fingerprint density at radius 3 is 2.68 bits per heavy atom.